The van der Waals surface area contributed by atoms with Crippen LogP contribution in [0.5, 0.6) is 0 Å². The van der Waals surface area contributed by atoms with E-state index in [4.69, 9.17) is 0 Å². The van der Waals surface area contributed by atoms with Crippen LogP contribution in [0.3, 0.4) is 0 Å². The number of benzene rings is 2. The smallest absolute Gasteiger partial charge is 0.294 e. The van der Waals surface area contributed by atoms with E-state index in [1.807, 2.05) is 49.4 Å². The number of aromatic nitrogens is 1. The Morgan fingerprint density at radius 1 is 1.03 bits per heavy atom. The molecule has 2 aliphatic heterocycles. The van der Waals surface area contributed by atoms with Crippen LogP contribution in [0, 0.1) is 18.3 Å². The number of fused-ring (bicyclic) bond motifs is 1. The molecule has 3 heterocycles. The van der Waals surface area contributed by atoms with Crippen molar-refractivity contribution in [3.05, 3.63) is 75.8 Å². The second-order valence-electron chi connectivity index (χ2n) is 9.43. The molecule has 3 amide bonds. The van der Waals surface area contributed by atoms with Gasteiger partial charge in [0.2, 0.25) is 5.91 Å². The molecule has 2 aliphatic rings. The Bertz CT molecular complexity index is 1460. The summed E-state index contributed by atoms with van der Waals surface area (Å²) >= 11 is 0.881. The number of hydrogen-bond donors (Lipinski definition) is 0. The number of amides is 3. The van der Waals surface area contributed by atoms with E-state index in [9.17, 15) is 19.6 Å². The lowest BCUT2D eigenvalue weighted by Crippen LogP contribution is -2.42. The maximum atomic E-state index is 13.2. The predicted octanol–water partition coefficient (Wildman–Crippen LogP) is 5.31. The normalized spacial score (nSPS) is 17.5. The van der Waals surface area contributed by atoms with Crippen LogP contribution in [-0.2, 0) is 16.1 Å². The minimum absolute atomic E-state index is 0.172. The first-order valence-electron chi connectivity index (χ1n) is 12.6. The Morgan fingerprint density at radius 2 is 1.73 bits per heavy atom. The van der Waals surface area contributed by atoms with Gasteiger partial charge >= 0.3 is 0 Å². The maximum Gasteiger partial charge on any atom is 0.294 e. The number of rotatable bonds is 5. The Morgan fingerprint density at radius 3 is 2.49 bits per heavy atom. The van der Waals surface area contributed by atoms with Gasteiger partial charge in [-0.15, -0.1) is 0 Å². The van der Waals surface area contributed by atoms with Crippen molar-refractivity contribution >= 4 is 45.8 Å². The number of nitriles is 1. The van der Waals surface area contributed by atoms with Crippen molar-refractivity contribution in [1.82, 2.24) is 14.4 Å². The second kappa shape index (κ2) is 10.7. The number of nitrogens with zero attached hydrogens (tertiary/aromatic N) is 4. The second-order valence-corrected chi connectivity index (χ2v) is 10.4. The first-order valence-corrected chi connectivity index (χ1v) is 13.4. The van der Waals surface area contributed by atoms with Gasteiger partial charge in [-0.1, -0.05) is 49.2 Å². The van der Waals surface area contributed by atoms with Gasteiger partial charge in [-0.2, -0.15) is 5.26 Å². The summed E-state index contributed by atoms with van der Waals surface area (Å²) in [5.74, 6) is -0.598. The molecule has 37 heavy (non-hydrogen) atoms. The topological polar surface area (TPSA) is 86.4 Å². The summed E-state index contributed by atoms with van der Waals surface area (Å²) in [6.07, 6.45) is 5.88. The summed E-state index contributed by atoms with van der Waals surface area (Å²) < 4.78 is 2.13. The third-order valence-corrected chi connectivity index (χ3v) is 8.05. The van der Waals surface area contributed by atoms with E-state index in [0.717, 1.165) is 70.1 Å². The van der Waals surface area contributed by atoms with Gasteiger partial charge in [0.25, 0.3) is 11.1 Å². The summed E-state index contributed by atoms with van der Waals surface area (Å²) in [6, 6.07) is 17.7. The van der Waals surface area contributed by atoms with E-state index in [1.165, 1.54) is 0 Å². The zero-order valence-electron chi connectivity index (χ0n) is 20.8. The van der Waals surface area contributed by atoms with Crippen LogP contribution in [0.15, 0.2) is 53.4 Å². The van der Waals surface area contributed by atoms with Crippen molar-refractivity contribution in [2.75, 3.05) is 19.6 Å². The third kappa shape index (κ3) is 4.92. The zero-order chi connectivity index (χ0) is 25.9. The minimum Gasteiger partial charge on any atom is -0.341 e. The fourth-order valence-electron chi connectivity index (χ4n) is 5.10. The molecule has 0 unspecified atom stereocenters. The standard InChI is InChI=1S/C29H28N4O3S/c1-20-24(23-12-6-7-13-25(23)32(20)18-22-11-5-4-10-21(22)17-30)16-26-28(35)33(29(36)37-26)19-27(34)31-14-8-2-3-9-15-31/h4-7,10-13,16H,2-3,8-9,14-15,18-19H2,1H3. The highest BCUT2D eigenvalue weighted by molar-refractivity contribution is 8.18. The van der Waals surface area contributed by atoms with Gasteiger partial charge < -0.3 is 9.47 Å². The summed E-state index contributed by atoms with van der Waals surface area (Å²) in [5.41, 5.74) is 4.30. The van der Waals surface area contributed by atoms with Crippen molar-refractivity contribution in [3.8, 4) is 6.07 Å². The van der Waals surface area contributed by atoms with E-state index in [-0.39, 0.29) is 12.5 Å². The Labute approximate surface area is 220 Å². The zero-order valence-corrected chi connectivity index (χ0v) is 21.6. The quantitative estimate of drug-likeness (QED) is 0.433. The van der Waals surface area contributed by atoms with E-state index in [1.54, 1.807) is 17.0 Å². The fraction of sp³-hybridized carbons (Fsp3) is 0.310. The van der Waals surface area contributed by atoms with Gasteiger partial charge in [-0.3, -0.25) is 19.3 Å². The summed E-state index contributed by atoms with van der Waals surface area (Å²) in [5, 5.41) is 10.1. The van der Waals surface area contributed by atoms with Crippen LogP contribution < -0.4 is 0 Å². The molecule has 0 spiro atoms. The molecule has 2 aromatic carbocycles. The molecule has 0 atom stereocenters. The largest absolute Gasteiger partial charge is 0.341 e. The Hall–Kier alpha value is -3.83. The monoisotopic (exact) mass is 512 g/mol. The number of hydrogen-bond acceptors (Lipinski definition) is 5. The molecule has 8 heteroatoms. The van der Waals surface area contributed by atoms with Gasteiger partial charge in [0.15, 0.2) is 0 Å². The van der Waals surface area contributed by atoms with Crippen molar-refractivity contribution in [2.24, 2.45) is 0 Å². The first-order chi connectivity index (χ1) is 18.0. The molecule has 0 N–H and O–H groups in total. The molecular weight excluding hydrogens is 484 g/mol. The molecule has 188 valence electrons. The molecule has 0 aliphatic carbocycles. The van der Waals surface area contributed by atoms with Crippen LogP contribution in [0.4, 0.5) is 4.79 Å². The molecule has 3 aromatic rings. The number of para-hydroxylation sites is 1. The lowest BCUT2D eigenvalue weighted by atomic mass is 10.1. The predicted molar refractivity (Wildman–Crippen MR) is 145 cm³/mol. The summed E-state index contributed by atoms with van der Waals surface area (Å²) in [6.45, 7) is 3.63. The van der Waals surface area contributed by atoms with Crippen LogP contribution >= 0.6 is 11.8 Å². The third-order valence-electron chi connectivity index (χ3n) is 7.15. The molecule has 2 saturated heterocycles. The highest BCUT2D eigenvalue weighted by Gasteiger charge is 2.37. The molecule has 5 rings (SSSR count). The van der Waals surface area contributed by atoms with Crippen LogP contribution in [0.2, 0.25) is 0 Å². The van der Waals surface area contributed by atoms with Gasteiger partial charge in [-0.05, 0) is 55.3 Å². The highest BCUT2D eigenvalue weighted by atomic mass is 32.2. The summed E-state index contributed by atoms with van der Waals surface area (Å²) in [4.78, 5) is 42.0. The molecule has 0 saturated carbocycles. The molecule has 7 nitrogen and oxygen atoms in total. The lowest BCUT2D eigenvalue weighted by molar-refractivity contribution is -0.135. The van der Waals surface area contributed by atoms with E-state index in [2.05, 4.69) is 10.6 Å². The van der Waals surface area contributed by atoms with Crippen molar-refractivity contribution in [3.63, 3.8) is 0 Å². The molecule has 1 aromatic heterocycles. The molecular formula is C29H28N4O3S. The molecule has 2 fully saturated rings. The minimum atomic E-state index is -0.427. The van der Waals surface area contributed by atoms with Gasteiger partial charge in [0.1, 0.15) is 6.54 Å². The maximum absolute atomic E-state index is 13.2. The lowest BCUT2D eigenvalue weighted by Gasteiger charge is -2.22. The fourth-order valence-corrected chi connectivity index (χ4v) is 5.92. The van der Waals surface area contributed by atoms with Crippen molar-refractivity contribution in [2.45, 2.75) is 39.2 Å². The number of thioether (sulfide) groups is 1. The number of carbonyl (C=O) groups excluding carboxylic acids is 3. The number of imide groups is 1. The average molecular weight is 513 g/mol. The van der Waals surface area contributed by atoms with Gasteiger partial charge in [-0.25, -0.2) is 0 Å². The van der Waals surface area contributed by atoms with Gasteiger partial charge in [0.05, 0.1) is 16.5 Å². The van der Waals surface area contributed by atoms with E-state index < -0.39 is 11.1 Å². The van der Waals surface area contributed by atoms with Crippen molar-refractivity contribution < 1.29 is 14.4 Å². The molecule has 0 radical (unpaired) electrons. The number of likely N-dealkylation sites (tertiary alicyclic amines) is 1. The Balaban J connectivity index is 1.44. The van der Waals surface area contributed by atoms with Crippen LogP contribution in [0.1, 0.15) is 48.1 Å². The van der Waals surface area contributed by atoms with Crippen molar-refractivity contribution in [1.29, 1.82) is 5.26 Å². The number of carbonyl (C=O) groups is 3. The van der Waals surface area contributed by atoms with E-state index in [0.29, 0.717) is 30.1 Å². The SMILES string of the molecule is Cc1c(C=C2SC(=O)N(CC(=O)N3CCCCCC3)C2=O)c2ccccc2n1Cc1ccccc1C#N. The first kappa shape index (κ1) is 24.8. The Kier molecular flexibility index (Phi) is 7.15. The van der Waals surface area contributed by atoms with Gasteiger partial charge in [0, 0.05) is 41.8 Å². The van der Waals surface area contributed by atoms with E-state index >= 15 is 0 Å². The van der Waals surface area contributed by atoms with Crippen LogP contribution in [0.25, 0.3) is 17.0 Å². The molecule has 0 bridgehead atoms. The summed E-state index contributed by atoms with van der Waals surface area (Å²) in [7, 11) is 0. The van der Waals surface area contributed by atoms with Crippen LogP contribution in [-0.4, -0.2) is 51.1 Å². The highest BCUT2D eigenvalue weighted by Crippen LogP contribution is 2.36. The average Bonchev–Trinajstić information content (AvgIpc) is 3.17.